The van der Waals surface area contributed by atoms with Crippen LogP contribution in [-0.2, 0) is 17.7 Å². The van der Waals surface area contributed by atoms with Crippen molar-refractivity contribution >= 4 is 0 Å². The van der Waals surface area contributed by atoms with Crippen LogP contribution in [0.5, 0.6) is 0 Å². The molecule has 4 rings (SSSR count). The van der Waals surface area contributed by atoms with Crippen molar-refractivity contribution in [2.24, 2.45) is 0 Å². The minimum Gasteiger partial charge on any atom is -0.379 e. The van der Waals surface area contributed by atoms with Crippen molar-refractivity contribution in [3.8, 4) is 0 Å². The quantitative estimate of drug-likeness (QED) is 0.834. The Hall–Kier alpha value is -1.82. The van der Waals surface area contributed by atoms with E-state index in [9.17, 15) is 0 Å². The third kappa shape index (κ3) is 4.06. The lowest BCUT2D eigenvalue weighted by atomic mass is 9.99. The molecule has 2 aromatic rings. The molecular weight excluding hydrogens is 312 g/mol. The fourth-order valence-corrected chi connectivity index (χ4v) is 4.16. The van der Waals surface area contributed by atoms with Crippen LogP contribution in [0.25, 0.3) is 0 Å². The van der Waals surface area contributed by atoms with Crippen LogP contribution in [0.1, 0.15) is 17.7 Å². The molecule has 0 spiro atoms. The van der Waals surface area contributed by atoms with Gasteiger partial charge in [0.2, 0.25) is 0 Å². The van der Waals surface area contributed by atoms with E-state index in [-0.39, 0.29) is 0 Å². The molecule has 0 radical (unpaired) electrons. The molecular formula is C20H26N4O. The third-order valence-electron chi connectivity index (χ3n) is 5.40. The van der Waals surface area contributed by atoms with Crippen LogP contribution in [0.2, 0.25) is 0 Å². The van der Waals surface area contributed by atoms with Gasteiger partial charge >= 0.3 is 0 Å². The van der Waals surface area contributed by atoms with E-state index >= 15 is 0 Å². The van der Waals surface area contributed by atoms with Crippen LogP contribution >= 0.6 is 0 Å². The first-order valence-corrected chi connectivity index (χ1v) is 9.25. The van der Waals surface area contributed by atoms with Gasteiger partial charge in [-0.2, -0.15) is 0 Å². The fourth-order valence-electron chi connectivity index (χ4n) is 4.16. The summed E-state index contributed by atoms with van der Waals surface area (Å²) < 4.78 is 5.56. The van der Waals surface area contributed by atoms with Crippen LogP contribution in [-0.4, -0.2) is 64.7 Å². The van der Waals surface area contributed by atoms with E-state index in [4.69, 9.17) is 4.74 Å². The molecule has 0 saturated carbocycles. The summed E-state index contributed by atoms with van der Waals surface area (Å²) in [5, 5.41) is 0. The first-order chi connectivity index (χ1) is 12.4. The summed E-state index contributed by atoms with van der Waals surface area (Å²) in [6.07, 6.45) is 8.01. The van der Waals surface area contributed by atoms with Crippen LogP contribution in [0, 0.1) is 0 Å². The predicted octanol–water partition coefficient (Wildman–Crippen LogP) is 1.99. The highest BCUT2D eigenvalue weighted by atomic mass is 16.5. The summed E-state index contributed by atoms with van der Waals surface area (Å²) in [4.78, 5) is 14.1. The zero-order valence-corrected chi connectivity index (χ0v) is 14.6. The second-order valence-corrected chi connectivity index (χ2v) is 6.93. The molecule has 5 nitrogen and oxygen atoms in total. The van der Waals surface area contributed by atoms with Gasteiger partial charge in [0.15, 0.2) is 0 Å². The lowest BCUT2D eigenvalue weighted by Gasteiger charge is -2.37. The van der Waals surface area contributed by atoms with Crippen molar-refractivity contribution in [2.75, 3.05) is 32.8 Å². The Kier molecular flexibility index (Phi) is 5.35. The van der Waals surface area contributed by atoms with Gasteiger partial charge in [-0.1, -0.05) is 12.1 Å². The SMILES string of the molecule is c1ccc(CN2CC[C@@H](N3CCOCC3)[C@@H]2Cc2cccnc2)nc1. The highest BCUT2D eigenvalue weighted by molar-refractivity contribution is 5.13. The Labute approximate surface area is 149 Å². The summed E-state index contributed by atoms with van der Waals surface area (Å²) in [7, 11) is 0. The first kappa shape index (κ1) is 16.6. The monoisotopic (exact) mass is 338 g/mol. The molecule has 25 heavy (non-hydrogen) atoms. The minimum absolute atomic E-state index is 0.504. The van der Waals surface area contributed by atoms with Gasteiger partial charge in [-0.3, -0.25) is 19.8 Å². The van der Waals surface area contributed by atoms with Crippen LogP contribution in [0.3, 0.4) is 0 Å². The number of hydrogen-bond donors (Lipinski definition) is 0. The van der Waals surface area contributed by atoms with Crippen molar-refractivity contribution < 1.29 is 4.74 Å². The number of pyridine rings is 2. The smallest absolute Gasteiger partial charge is 0.0594 e. The molecule has 2 aromatic heterocycles. The average molecular weight is 338 g/mol. The molecule has 0 aromatic carbocycles. The summed E-state index contributed by atoms with van der Waals surface area (Å²) in [6, 6.07) is 11.5. The molecule has 0 bridgehead atoms. The second kappa shape index (κ2) is 8.04. The third-order valence-corrected chi connectivity index (χ3v) is 5.40. The van der Waals surface area contributed by atoms with E-state index in [0.717, 1.165) is 51.5 Å². The molecule has 0 amide bonds. The van der Waals surface area contributed by atoms with Crippen LogP contribution in [0.4, 0.5) is 0 Å². The molecule has 0 unspecified atom stereocenters. The Balaban J connectivity index is 1.52. The lowest BCUT2D eigenvalue weighted by Crippen LogP contribution is -2.50. The van der Waals surface area contributed by atoms with Gasteiger partial charge in [0, 0.05) is 56.9 Å². The van der Waals surface area contributed by atoms with Gasteiger partial charge in [-0.25, -0.2) is 0 Å². The molecule has 132 valence electrons. The van der Waals surface area contributed by atoms with Gasteiger partial charge in [0.05, 0.1) is 18.9 Å². The number of hydrogen-bond acceptors (Lipinski definition) is 5. The Morgan fingerprint density at radius 3 is 2.72 bits per heavy atom. The van der Waals surface area contributed by atoms with Gasteiger partial charge < -0.3 is 4.74 Å². The molecule has 2 atom stereocenters. The van der Waals surface area contributed by atoms with E-state index in [1.807, 2.05) is 30.7 Å². The van der Waals surface area contributed by atoms with Gasteiger partial charge in [0.1, 0.15) is 0 Å². The minimum atomic E-state index is 0.504. The summed E-state index contributed by atoms with van der Waals surface area (Å²) in [5.74, 6) is 0. The van der Waals surface area contributed by atoms with E-state index < -0.39 is 0 Å². The predicted molar refractivity (Wildman–Crippen MR) is 97.2 cm³/mol. The average Bonchev–Trinajstić information content (AvgIpc) is 3.06. The van der Waals surface area contributed by atoms with Gasteiger partial charge in [0.25, 0.3) is 0 Å². The number of morpholine rings is 1. The molecule has 4 heterocycles. The van der Waals surface area contributed by atoms with Gasteiger partial charge in [-0.15, -0.1) is 0 Å². The molecule has 0 N–H and O–H groups in total. The molecule has 2 saturated heterocycles. The van der Waals surface area contributed by atoms with Crippen molar-refractivity contribution in [1.82, 2.24) is 19.8 Å². The van der Waals surface area contributed by atoms with Crippen LogP contribution < -0.4 is 0 Å². The maximum Gasteiger partial charge on any atom is 0.0594 e. The van der Waals surface area contributed by atoms with E-state index in [1.54, 1.807) is 0 Å². The summed E-state index contributed by atoms with van der Waals surface area (Å²) >= 11 is 0. The second-order valence-electron chi connectivity index (χ2n) is 6.93. The van der Waals surface area contributed by atoms with E-state index in [0.29, 0.717) is 12.1 Å². The fraction of sp³-hybridized carbons (Fsp3) is 0.500. The maximum atomic E-state index is 5.56. The largest absolute Gasteiger partial charge is 0.379 e. The molecule has 2 fully saturated rings. The molecule has 0 aliphatic carbocycles. The highest BCUT2D eigenvalue weighted by Gasteiger charge is 2.38. The zero-order chi connectivity index (χ0) is 16.9. The van der Waals surface area contributed by atoms with Crippen LogP contribution in [0.15, 0.2) is 48.9 Å². The summed E-state index contributed by atoms with van der Waals surface area (Å²) in [5.41, 5.74) is 2.47. The normalized spacial score (nSPS) is 25.3. The van der Waals surface area contributed by atoms with Gasteiger partial charge in [-0.05, 0) is 36.6 Å². The van der Waals surface area contributed by atoms with Crippen molar-refractivity contribution in [3.05, 3.63) is 60.2 Å². The summed E-state index contributed by atoms with van der Waals surface area (Å²) in [6.45, 7) is 5.86. The van der Waals surface area contributed by atoms with Crippen molar-refractivity contribution in [1.29, 1.82) is 0 Å². The van der Waals surface area contributed by atoms with Crippen molar-refractivity contribution in [3.63, 3.8) is 0 Å². The number of nitrogens with zero attached hydrogens (tertiary/aromatic N) is 4. The topological polar surface area (TPSA) is 41.5 Å². The van der Waals surface area contributed by atoms with Crippen molar-refractivity contribution in [2.45, 2.75) is 31.5 Å². The van der Waals surface area contributed by atoms with E-state index in [2.05, 4.69) is 38.0 Å². The first-order valence-electron chi connectivity index (χ1n) is 9.25. The zero-order valence-electron chi connectivity index (χ0n) is 14.6. The number of rotatable bonds is 5. The van der Waals surface area contributed by atoms with E-state index in [1.165, 1.54) is 12.0 Å². The molecule has 2 aliphatic heterocycles. The standard InChI is InChI=1S/C20H26N4O/c1-2-8-22-18(5-1)16-24-9-6-19(23-10-12-25-13-11-23)20(24)14-17-4-3-7-21-15-17/h1-5,7-8,15,19-20H,6,9-14,16H2/t19-,20+/m1/s1. The lowest BCUT2D eigenvalue weighted by molar-refractivity contribution is 0.00782. The highest BCUT2D eigenvalue weighted by Crippen LogP contribution is 2.28. The Bertz CT molecular complexity index is 645. The number of aromatic nitrogens is 2. The number of ether oxygens (including phenoxy) is 1. The maximum absolute atomic E-state index is 5.56. The Morgan fingerprint density at radius 2 is 1.96 bits per heavy atom. The number of likely N-dealkylation sites (tertiary alicyclic amines) is 1. The Morgan fingerprint density at radius 1 is 1.04 bits per heavy atom. The molecule has 2 aliphatic rings. The molecule has 5 heteroatoms.